The molecule has 1 aromatic rings. The van der Waals surface area contributed by atoms with Crippen molar-refractivity contribution in [1.29, 1.82) is 0 Å². The molecule has 0 heterocycles. The topological polar surface area (TPSA) is 41.1 Å². The van der Waals surface area contributed by atoms with Gasteiger partial charge in [-0.3, -0.25) is 4.79 Å². The van der Waals surface area contributed by atoms with E-state index in [9.17, 15) is 4.79 Å². The third-order valence-corrected chi connectivity index (χ3v) is 2.62. The zero-order valence-corrected chi connectivity index (χ0v) is 10.7. The quantitative estimate of drug-likeness (QED) is 0.754. The van der Waals surface area contributed by atoms with Gasteiger partial charge in [0, 0.05) is 19.0 Å². The van der Waals surface area contributed by atoms with E-state index in [1.54, 1.807) is 0 Å². The van der Waals surface area contributed by atoms with Gasteiger partial charge >= 0.3 is 0 Å². The molecule has 0 radical (unpaired) electrons. The molecule has 0 saturated carbocycles. The van der Waals surface area contributed by atoms with E-state index in [1.807, 2.05) is 32.0 Å². The molecule has 0 aliphatic rings. The van der Waals surface area contributed by atoms with Crippen LogP contribution >= 0.6 is 0 Å². The Balaban J connectivity index is 2.16. The lowest BCUT2D eigenvalue weighted by atomic mass is 10.1. The molecule has 0 bridgehead atoms. The van der Waals surface area contributed by atoms with E-state index in [1.165, 1.54) is 5.56 Å². The van der Waals surface area contributed by atoms with Crippen LogP contribution in [0.1, 0.15) is 25.8 Å². The van der Waals surface area contributed by atoms with Crippen LogP contribution in [0.5, 0.6) is 0 Å². The lowest BCUT2D eigenvalue weighted by molar-refractivity contribution is -0.121. The van der Waals surface area contributed by atoms with Gasteiger partial charge in [-0.15, -0.1) is 0 Å². The molecule has 1 rings (SSSR count). The zero-order valence-electron chi connectivity index (χ0n) is 10.7. The van der Waals surface area contributed by atoms with Crippen LogP contribution in [0.3, 0.4) is 0 Å². The standard InChI is InChI=1S/C14H22N2O/c1-3-15-12(2)11-14(17)16-10-9-13-7-5-4-6-8-13/h4-8,12,15H,3,9-11H2,1-2H3,(H,16,17). The van der Waals surface area contributed by atoms with Crippen molar-refractivity contribution < 1.29 is 4.79 Å². The number of carbonyl (C=O) groups is 1. The minimum atomic E-state index is 0.120. The second-order valence-electron chi connectivity index (χ2n) is 4.25. The van der Waals surface area contributed by atoms with Crippen LogP contribution < -0.4 is 10.6 Å². The molecule has 3 heteroatoms. The predicted molar refractivity (Wildman–Crippen MR) is 70.9 cm³/mol. The van der Waals surface area contributed by atoms with Gasteiger partial charge in [0.1, 0.15) is 0 Å². The maximum Gasteiger partial charge on any atom is 0.221 e. The molecule has 0 fully saturated rings. The molecular formula is C14H22N2O. The molecule has 0 saturated heterocycles. The molecule has 0 aliphatic heterocycles. The SMILES string of the molecule is CCNC(C)CC(=O)NCCc1ccccc1. The second-order valence-corrected chi connectivity index (χ2v) is 4.25. The maximum absolute atomic E-state index is 11.6. The van der Waals surface area contributed by atoms with Gasteiger partial charge in [0.25, 0.3) is 0 Å². The third-order valence-electron chi connectivity index (χ3n) is 2.62. The first-order chi connectivity index (χ1) is 8.22. The Kier molecular flexibility index (Phi) is 6.33. The van der Waals surface area contributed by atoms with Crippen molar-refractivity contribution in [2.45, 2.75) is 32.7 Å². The van der Waals surface area contributed by atoms with Crippen molar-refractivity contribution in [3.05, 3.63) is 35.9 Å². The highest BCUT2D eigenvalue weighted by Crippen LogP contribution is 1.98. The van der Waals surface area contributed by atoms with E-state index in [0.717, 1.165) is 13.0 Å². The summed E-state index contributed by atoms with van der Waals surface area (Å²) in [5.41, 5.74) is 1.26. The first-order valence-corrected chi connectivity index (χ1v) is 6.26. The fourth-order valence-corrected chi connectivity index (χ4v) is 1.76. The van der Waals surface area contributed by atoms with Crippen LogP contribution in [0.4, 0.5) is 0 Å². The van der Waals surface area contributed by atoms with Crippen LogP contribution in [-0.4, -0.2) is 25.0 Å². The predicted octanol–water partition coefficient (Wildman–Crippen LogP) is 1.73. The Labute approximate surface area is 104 Å². The van der Waals surface area contributed by atoms with Gasteiger partial charge in [-0.05, 0) is 25.5 Å². The summed E-state index contributed by atoms with van der Waals surface area (Å²) in [6.07, 6.45) is 1.44. The Morgan fingerprint density at radius 3 is 2.65 bits per heavy atom. The number of hydrogen-bond donors (Lipinski definition) is 2. The summed E-state index contributed by atoms with van der Waals surface area (Å²) >= 11 is 0. The summed E-state index contributed by atoms with van der Waals surface area (Å²) in [6.45, 7) is 5.68. The number of amides is 1. The van der Waals surface area contributed by atoms with Crippen molar-refractivity contribution in [1.82, 2.24) is 10.6 Å². The molecule has 1 amide bonds. The molecule has 0 aliphatic carbocycles. The van der Waals surface area contributed by atoms with Gasteiger partial charge in [0.05, 0.1) is 0 Å². The summed E-state index contributed by atoms with van der Waals surface area (Å²) in [7, 11) is 0. The van der Waals surface area contributed by atoms with E-state index < -0.39 is 0 Å². The lowest BCUT2D eigenvalue weighted by Gasteiger charge is -2.12. The summed E-state index contributed by atoms with van der Waals surface area (Å²) in [5, 5.41) is 6.17. The Morgan fingerprint density at radius 1 is 1.29 bits per heavy atom. The Bertz CT molecular complexity index is 324. The van der Waals surface area contributed by atoms with E-state index >= 15 is 0 Å². The lowest BCUT2D eigenvalue weighted by Crippen LogP contribution is -2.34. The van der Waals surface area contributed by atoms with Crippen LogP contribution in [0, 0.1) is 0 Å². The molecule has 0 aromatic heterocycles. The van der Waals surface area contributed by atoms with Crippen LogP contribution in [0.2, 0.25) is 0 Å². The Hall–Kier alpha value is -1.35. The normalized spacial score (nSPS) is 12.1. The van der Waals surface area contributed by atoms with Crippen LogP contribution in [0.25, 0.3) is 0 Å². The Morgan fingerprint density at radius 2 is 2.00 bits per heavy atom. The van der Waals surface area contributed by atoms with Crippen LogP contribution in [0.15, 0.2) is 30.3 Å². The van der Waals surface area contributed by atoms with Crippen molar-refractivity contribution in [3.63, 3.8) is 0 Å². The molecular weight excluding hydrogens is 212 g/mol. The fraction of sp³-hybridized carbons (Fsp3) is 0.500. The molecule has 94 valence electrons. The van der Waals surface area contributed by atoms with E-state index in [-0.39, 0.29) is 11.9 Å². The molecule has 3 nitrogen and oxygen atoms in total. The zero-order chi connectivity index (χ0) is 12.5. The largest absolute Gasteiger partial charge is 0.356 e. The fourth-order valence-electron chi connectivity index (χ4n) is 1.76. The molecule has 2 N–H and O–H groups in total. The number of benzene rings is 1. The van der Waals surface area contributed by atoms with Gasteiger partial charge in [0.2, 0.25) is 5.91 Å². The van der Waals surface area contributed by atoms with Crippen molar-refractivity contribution in [2.24, 2.45) is 0 Å². The second kappa shape index (κ2) is 7.85. The molecule has 1 atom stereocenters. The monoisotopic (exact) mass is 234 g/mol. The maximum atomic E-state index is 11.6. The van der Waals surface area contributed by atoms with Gasteiger partial charge in [0.15, 0.2) is 0 Å². The third kappa shape index (κ3) is 6.07. The summed E-state index contributed by atoms with van der Waals surface area (Å²) in [5.74, 6) is 0.120. The molecule has 0 spiro atoms. The average molecular weight is 234 g/mol. The van der Waals surface area contributed by atoms with E-state index in [2.05, 4.69) is 22.8 Å². The summed E-state index contributed by atoms with van der Waals surface area (Å²) in [6, 6.07) is 10.4. The number of carbonyl (C=O) groups excluding carboxylic acids is 1. The van der Waals surface area contributed by atoms with Crippen molar-refractivity contribution in [3.8, 4) is 0 Å². The minimum absolute atomic E-state index is 0.120. The summed E-state index contributed by atoms with van der Waals surface area (Å²) in [4.78, 5) is 11.6. The first kappa shape index (κ1) is 13.7. The number of rotatable bonds is 7. The van der Waals surface area contributed by atoms with Gasteiger partial charge in [-0.25, -0.2) is 0 Å². The first-order valence-electron chi connectivity index (χ1n) is 6.26. The highest BCUT2D eigenvalue weighted by atomic mass is 16.1. The summed E-state index contributed by atoms with van der Waals surface area (Å²) < 4.78 is 0. The van der Waals surface area contributed by atoms with E-state index in [0.29, 0.717) is 13.0 Å². The van der Waals surface area contributed by atoms with E-state index in [4.69, 9.17) is 0 Å². The average Bonchev–Trinajstić information content (AvgIpc) is 2.30. The highest BCUT2D eigenvalue weighted by molar-refractivity contribution is 5.76. The number of nitrogens with one attached hydrogen (secondary N) is 2. The van der Waals surface area contributed by atoms with Crippen molar-refractivity contribution in [2.75, 3.05) is 13.1 Å². The molecule has 1 aromatic carbocycles. The highest BCUT2D eigenvalue weighted by Gasteiger charge is 2.06. The van der Waals surface area contributed by atoms with Crippen molar-refractivity contribution >= 4 is 5.91 Å². The van der Waals surface area contributed by atoms with Crippen LogP contribution in [-0.2, 0) is 11.2 Å². The van der Waals surface area contributed by atoms with Gasteiger partial charge in [-0.2, -0.15) is 0 Å². The molecule has 17 heavy (non-hydrogen) atoms. The smallest absolute Gasteiger partial charge is 0.221 e. The number of hydrogen-bond acceptors (Lipinski definition) is 2. The van der Waals surface area contributed by atoms with Gasteiger partial charge < -0.3 is 10.6 Å². The van der Waals surface area contributed by atoms with Gasteiger partial charge in [-0.1, -0.05) is 37.3 Å². The minimum Gasteiger partial charge on any atom is -0.356 e. The molecule has 1 unspecified atom stereocenters.